The molecule has 0 aromatic carbocycles. The monoisotopic (exact) mass is 255 g/mol. The number of nitrogens with zero attached hydrogens (tertiary/aromatic N) is 2. The zero-order valence-corrected chi connectivity index (χ0v) is 11.6. The Hall–Kier alpha value is -1.10. The Morgan fingerprint density at radius 3 is 2.76 bits per heavy atom. The molecule has 1 atom stereocenters. The molecule has 0 radical (unpaired) electrons. The van der Waals surface area contributed by atoms with Gasteiger partial charge in [0.05, 0.1) is 0 Å². The molecule has 0 bridgehead atoms. The Labute approximate surface area is 107 Å². The van der Waals surface area contributed by atoms with Gasteiger partial charge in [-0.1, -0.05) is 20.3 Å². The maximum absolute atomic E-state index is 12.3. The van der Waals surface area contributed by atoms with Gasteiger partial charge in [-0.15, -0.1) is 11.3 Å². The van der Waals surface area contributed by atoms with Crippen LogP contribution in [0, 0.1) is 0 Å². The van der Waals surface area contributed by atoms with Crippen LogP contribution in [0.3, 0.4) is 0 Å². The highest BCUT2D eigenvalue weighted by molar-refractivity contribution is 7.13. The van der Waals surface area contributed by atoms with E-state index in [1.54, 1.807) is 5.38 Å². The summed E-state index contributed by atoms with van der Waals surface area (Å²) in [6.45, 7) is 7.08. The molecule has 2 N–H and O–H groups in total. The Bertz CT molecular complexity index is 364. The predicted octanol–water partition coefficient (Wildman–Crippen LogP) is 2.77. The van der Waals surface area contributed by atoms with Gasteiger partial charge in [0.1, 0.15) is 5.69 Å². The van der Waals surface area contributed by atoms with Gasteiger partial charge >= 0.3 is 0 Å². The number of thiazole rings is 1. The van der Waals surface area contributed by atoms with Crippen molar-refractivity contribution in [3.63, 3.8) is 0 Å². The number of carbonyl (C=O) groups excluding carboxylic acids is 1. The van der Waals surface area contributed by atoms with Crippen molar-refractivity contribution >= 4 is 22.4 Å². The highest BCUT2D eigenvalue weighted by Gasteiger charge is 2.21. The molecule has 5 heteroatoms. The van der Waals surface area contributed by atoms with Crippen LogP contribution in [0.4, 0.5) is 5.13 Å². The maximum Gasteiger partial charge on any atom is 0.273 e. The summed E-state index contributed by atoms with van der Waals surface area (Å²) >= 11 is 1.31. The lowest BCUT2D eigenvalue weighted by molar-refractivity contribution is 0.0680. The molecule has 1 unspecified atom stereocenters. The predicted molar refractivity (Wildman–Crippen MR) is 72.2 cm³/mol. The number of anilines is 1. The minimum atomic E-state index is 0.000694. The quantitative estimate of drug-likeness (QED) is 0.850. The number of nitrogen functional groups attached to an aromatic ring is 1. The molecule has 4 nitrogen and oxygen atoms in total. The van der Waals surface area contributed by atoms with Crippen molar-refractivity contribution in [1.29, 1.82) is 0 Å². The second kappa shape index (κ2) is 6.59. The molecular weight excluding hydrogens is 234 g/mol. The fourth-order valence-electron chi connectivity index (χ4n) is 1.60. The average Bonchev–Trinajstić information content (AvgIpc) is 2.75. The van der Waals surface area contributed by atoms with Crippen molar-refractivity contribution in [3.8, 4) is 0 Å². The molecule has 1 heterocycles. The lowest BCUT2D eigenvalue weighted by Crippen LogP contribution is -2.39. The molecule has 0 saturated heterocycles. The Morgan fingerprint density at radius 2 is 2.29 bits per heavy atom. The first-order chi connectivity index (χ1) is 8.10. The molecule has 1 rings (SSSR count). The van der Waals surface area contributed by atoms with E-state index in [1.807, 2.05) is 4.90 Å². The van der Waals surface area contributed by atoms with Crippen molar-refractivity contribution in [1.82, 2.24) is 9.88 Å². The van der Waals surface area contributed by atoms with Crippen LogP contribution in [0.5, 0.6) is 0 Å². The van der Waals surface area contributed by atoms with Crippen LogP contribution in [0.15, 0.2) is 5.38 Å². The summed E-state index contributed by atoms with van der Waals surface area (Å²) in [4.78, 5) is 18.2. The third kappa shape index (κ3) is 3.70. The number of carbonyl (C=O) groups is 1. The Kier molecular flexibility index (Phi) is 5.41. The van der Waals surface area contributed by atoms with Crippen molar-refractivity contribution in [2.45, 2.75) is 46.1 Å². The van der Waals surface area contributed by atoms with E-state index >= 15 is 0 Å². The molecule has 0 saturated carbocycles. The standard InChI is InChI=1S/C12H21N3OS/c1-4-6-7-15(9(3)5-2)11(16)10-8-17-12(13)14-10/h8-9H,4-7H2,1-3H3,(H2,13,14). The Balaban J connectivity index is 2.78. The van der Waals surface area contributed by atoms with E-state index in [2.05, 4.69) is 25.8 Å². The van der Waals surface area contributed by atoms with E-state index in [9.17, 15) is 4.79 Å². The number of aromatic nitrogens is 1. The molecule has 0 aliphatic heterocycles. The van der Waals surface area contributed by atoms with E-state index in [0.717, 1.165) is 25.8 Å². The topological polar surface area (TPSA) is 59.2 Å². The van der Waals surface area contributed by atoms with E-state index in [-0.39, 0.29) is 11.9 Å². The summed E-state index contributed by atoms with van der Waals surface area (Å²) in [6, 6.07) is 0.247. The van der Waals surface area contributed by atoms with Gasteiger partial charge in [0.25, 0.3) is 5.91 Å². The molecule has 1 aromatic heterocycles. The van der Waals surface area contributed by atoms with Gasteiger partial charge in [0, 0.05) is 18.0 Å². The molecule has 17 heavy (non-hydrogen) atoms. The van der Waals surface area contributed by atoms with Crippen molar-refractivity contribution in [2.75, 3.05) is 12.3 Å². The zero-order valence-electron chi connectivity index (χ0n) is 10.8. The van der Waals surface area contributed by atoms with Crippen LogP contribution in [0.25, 0.3) is 0 Å². The summed E-state index contributed by atoms with van der Waals surface area (Å²) in [5, 5.41) is 2.19. The summed E-state index contributed by atoms with van der Waals surface area (Å²) in [5.41, 5.74) is 6.04. The van der Waals surface area contributed by atoms with Gasteiger partial charge in [0.15, 0.2) is 5.13 Å². The first-order valence-electron chi connectivity index (χ1n) is 6.12. The fraction of sp³-hybridized carbons (Fsp3) is 0.667. The summed E-state index contributed by atoms with van der Waals surface area (Å²) in [5.74, 6) is 0.000694. The van der Waals surface area contributed by atoms with E-state index in [4.69, 9.17) is 5.73 Å². The van der Waals surface area contributed by atoms with Gasteiger partial charge in [-0.2, -0.15) is 0 Å². The summed E-state index contributed by atoms with van der Waals surface area (Å²) in [7, 11) is 0. The number of hydrogen-bond donors (Lipinski definition) is 1. The van der Waals surface area contributed by atoms with Gasteiger partial charge in [-0.25, -0.2) is 4.98 Å². The van der Waals surface area contributed by atoms with Gasteiger partial charge in [0.2, 0.25) is 0 Å². The highest BCUT2D eigenvalue weighted by Crippen LogP contribution is 2.16. The highest BCUT2D eigenvalue weighted by atomic mass is 32.1. The molecular formula is C12H21N3OS. The second-order valence-electron chi connectivity index (χ2n) is 4.18. The first-order valence-corrected chi connectivity index (χ1v) is 7.00. The lowest BCUT2D eigenvalue weighted by atomic mass is 10.2. The van der Waals surface area contributed by atoms with Gasteiger partial charge < -0.3 is 10.6 Å². The van der Waals surface area contributed by atoms with Crippen molar-refractivity contribution in [3.05, 3.63) is 11.1 Å². The van der Waals surface area contributed by atoms with Crippen LogP contribution in [-0.4, -0.2) is 28.4 Å². The van der Waals surface area contributed by atoms with Crippen LogP contribution < -0.4 is 5.73 Å². The van der Waals surface area contributed by atoms with Crippen LogP contribution in [-0.2, 0) is 0 Å². The number of unbranched alkanes of at least 4 members (excludes halogenated alkanes) is 1. The number of amides is 1. The average molecular weight is 255 g/mol. The molecule has 0 spiro atoms. The van der Waals surface area contributed by atoms with Crippen LogP contribution >= 0.6 is 11.3 Å². The molecule has 1 aromatic rings. The molecule has 0 fully saturated rings. The van der Waals surface area contributed by atoms with E-state index < -0.39 is 0 Å². The minimum absolute atomic E-state index is 0.000694. The number of hydrogen-bond acceptors (Lipinski definition) is 4. The number of nitrogens with two attached hydrogens (primary N) is 1. The van der Waals surface area contributed by atoms with Gasteiger partial charge in [-0.3, -0.25) is 4.79 Å². The largest absolute Gasteiger partial charge is 0.375 e. The summed E-state index contributed by atoms with van der Waals surface area (Å²) < 4.78 is 0. The summed E-state index contributed by atoms with van der Waals surface area (Å²) in [6.07, 6.45) is 3.06. The SMILES string of the molecule is CCCCN(C(=O)c1csc(N)n1)C(C)CC. The molecule has 96 valence electrons. The molecule has 1 amide bonds. The fourth-order valence-corrected chi connectivity index (χ4v) is 2.14. The van der Waals surface area contributed by atoms with E-state index in [0.29, 0.717) is 10.8 Å². The van der Waals surface area contributed by atoms with Crippen molar-refractivity contribution < 1.29 is 4.79 Å². The molecule has 0 aliphatic carbocycles. The second-order valence-corrected chi connectivity index (χ2v) is 5.07. The van der Waals surface area contributed by atoms with Crippen LogP contribution in [0.1, 0.15) is 50.5 Å². The normalized spacial score (nSPS) is 12.4. The molecule has 0 aliphatic rings. The first kappa shape index (κ1) is 14.0. The third-order valence-corrected chi connectivity index (χ3v) is 3.55. The number of rotatable bonds is 6. The minimum Gasteiger partial charge on any atom is -0.375 e. The third-order valence-electron chi connectivity index (χ3n) is 2.88. The van der Waals surface area contributed by atoms with Crippen LogP contribution in [0.2, 0.25) is 0 Å². The zero-order chi connectivity index (χ0) is 12.8. The maximum atomic E-state index is 12.3. The van der Waals surface area contributed by atoms with E-state index in [1.165, 1.54) is 11.3 Å². The Morgan fingerprint density at radius 1 is 1.59 bits per heavy atom. The van der Waals surface area contributed by atoms with Gasteiger partial charge in [-0.05, 0) is 19.8 Å². The van der Waals surface area contributed by atoms with Crippen molar-refractivity contribution in [2.24, 2.45) is 0 Å². The lowest BCUT2D eigenvalue weighted by Gasteiger charge is -2.27. The smallest absolute Gasteiger partial charge is 0.273 e.